The molecule has 0 fully saturated rings. The Hall–Kier alpha value is -1.10. The summed E-state index contributed by atoms with van der Waals surface area (Å²) in [5, 5.41) is 0. The van der Waals surface area contributed by atoms with Crippen LogP contribution in [-0.4, -0.2) is 18.0 Å². The molecule has 1 aromatic heterocycles. The molecule has 2 aromatic rings. The lowest BCUT2D eigenvalue weighted by Crippen LogP contribution is -2.33. The van der Waals surface area contributed by atoms with Gasteiger partial charge in [0, 0.05) is 13.1 Å². The molecule has 0 radical (unpaired) electrons. The average Bonchev–Trinajstić information content (AvgIpc) is 2.76. The van der Waals surface area contributed by atoms with Crippen LogP contribution in [0.2, 0.25) is 0 Å². The third-order valence-electron chi connectivity index (χ3n) is 3.97. The lowest BCUT2D eigenvalue weighted by Gasteiger charge is -2.28. The van der Waals surface area contributed by atoms with Crippen molar-refractivity contribution in [3.63, 3.8) is 0 Å². The first kappa shape index (κ1) is 13.9. The summed E-state index contributed by atoms with van der Waals surface area (Å²) in [6.45, 7) is 2.56. The molecule has 1 aromatic carbocycles. The summed E-state index contributed by atoms with van der Waals surface area (Å²) in [5.74, 6) is 0.943. The van der Waals surface area contributed by atoms with Gasteiger partial charge in [-0.15, -0.1) is 0 Å². The Morgan fingerprint density at radius 2 is 2.00 bits per heavy atom. The van der Waals surface area contributed by atoms with Crippen molar-refractivity contribution in [3.8, 4) is 0 Å². The predicted octanol–water partition coefficient (Wildman–Crippen LogP) is 3.49. The minimum Gasteiger partial charge on any atom is -0.453 e. The summed E-state index contributed by atoms with van der Waals surface area (Å²) in [4.78, 5) is 2.43. The maximum Gasteiger partial charge on any atom is 0.169 e. The largest absolute Gasteiger partial charge is 0.453 e. The zero-order valence-electron chi connectivity index (χ0n) is 11.4. The number of aryl methyl sites for hydroxylation is 1. The van der Waals surface area contributed by atoms with Gasteiger partial charge in [0.2, 0.25) is 0 Å². The average molecular weight is 335 g/mol. The molecule has 3 rings (SSSR count). The first-order valence-corrected chi connectivity index (χ1v) is 7.83. The van der Waals surface area contributed by atoms with Gasteiger partial charge in [-0.25, -0.2) is 0 Å². The lowest BCUT2D eigenvalue weighted by atomic mass is 10.0. The third-order valence-corrected chi connectivity index (χ3v) is 4.40. The van der Waals surface area contributed by atoms with Crippen molar-refractivity contribution in [2.75, 3.05) is 13.1 Å². The van der Waals surface area contributed by atoms with Crippen LogP contribution >= 0.6 is 15.9 Å². The van der Waals surface area contributed by atoms with Gasteiger partial charge in [0.1, 0.15) is 5.76 Å². The Labute approximate surface area is 127 Å². The molecule has 2 N–H and O–H groups in total. The van der Waals surface area contributed by atoms with Gasteiger partial charge in [0.05, 0.1) is 6.04 Å². The molecule has 1 aliphatic rings. The van der Waals surface area contributed by atoms with E-state index in [-0.39, 0.29) is 6.04 Å². The Balaban J connectivity index is 1.86. The minimum absolute atomic E-state index is 0.146. The second-order valence-electron chi connectivity index (χ2n) is 5.24. The van der Waals surface area contributed by atoms with Crippen LogP contribution in [0.1, 0.15) is 29.3 Å². The zero-order chi connectivity index (χ0) is 13.9. The van der Waals surface area contributed by atoms with Gasteiger partial charge in [0.15, 0.2) is 4.67 Å². The van der Waals surface area contributed by atoms with E-state index in [0.29, 0.717) is 6.54 Å². The van der Waals surface area contributed by atoms with Crippen molar-refractivity contribution < 1.29 is 4.42 Å². The van der Waals surface area contributed by atoms with E-state index in [1.54, 1.807) is 0 Å². The maximum atomic E-state index is 6.00. The summed E-state index contributed by atoms with van der Waals surface area (Å²) < 4.78 is 6.48. The van der Waals surface area contributed by atoms with Crippen LogP contribution in [0.4, 0.5) is 0 Å². The number of nitrogens with zero attached hydrogens (tertiary/aromatic N) is 1. The first-order valence-electron chi connectivity index (χ1n) is 7.04. The smallest absolute Gasteiger partial charge is 0.169 e. The van der Waals surface area contributed by atoms with Gasteiger partial charge in [0.25, 0.3) is 0 Å². The normalized spacial score (nSPS) is 17.5. The molecular formula is C16H19BrN2O. The summed E-state index contributed by atoms with van der Waals surface area (Å²) in [7, 11) is 0. The molecular weight excluding hydrogens is 316 g/mol. The van der Waals surface area contributed by atoms with Crippen molar-refractivity contribution >= 4 is 15.9 Å². The minimum atomic E-state index is 0.146. The molecule has 0 bridgehead atoms. The fourth-order valence-electron chi connectivity index (χ4n) is 2.94. The molecule has 1 aliphatic heterocycles. The molecule has 1 unspecified atom stereocenters. The second kappa shape index (κ2) is 6.12. The molecule has 3 nitrogen and oxygen atoms in total. The van der Waals surface area contributed by atoms with E-state index in [2.05, 4.69) is 45.1 Å². The highest BCUT2D eigenvalue weighted by Gasteiger charge is 2.24. The monoisotopic (exact) mass is 334 g/mol. The number of hydrogen-bond donors (Lipinski definition) is 1. The summed E-state index contributed by atoms with van der Waals surface area (Å²) in [6, 6.07) is 12.8. The quantitative estimate of drug-likeness (QED) is 0.934. The van der Waals surface area contributed by atoms with Crippen molar-refractivity contribution in [1.82, 2.24) is 4.90 Å². The number of nitrogens with two attached hydrogens (primary N) is 1. The lowest BCUT2D eigenvalue weighted by molar-refractivity contribution is 0.172. The Kier molecular flexibility index (Phi) is 4.24. The van der Waals surface area contributed by atoms with E-state index in [9.17, 15) is 0 Å². The Morgan fingerprint density at radius 3 is 2.70 bits per heavy atom. The van der Waals surface area contributed by atoms with Crippen molar-refractivity contribution in [2.24, 2.45) is 5.73 Å². The Bertz CT molecular complexity index is 581. The van der Waals surface area contributed by atoms with Crippen molar-refractivity contribution in [1.29, 1.82) is 0 Å². The van der Waals surface area contributed by atoms with Crippen LogP contribution in [0.25, 0.3) is 0 Å². The molecule has 4 heteroatoms. The molecule has 0 aliphatic carbocycles. The predicted molar refractivity (Wildman–Crippen MR) is 83.4 cm³/mol. The number of hydrogen-bond acceptors (Lipinski definition) is 3. The highest BCUT2D eigenvalue weighted by molar-refractivity contribution is 9.10. The molecule has 20 heavy (non-hydrogen) atoms. The van der Waals surface area contributed by atoms with Gasteiger partial charge < -0.3 is 10.2 Å². The van der Waals surface area contributed by atoms with Gasteiger partial charge in [-0.3, -0.25) is 4.90 Å². The molecule has 0 spiro atoms. The SMILES string of the molecule is NCC(c1ccc(Br)o1)N1CCCc2ccccc2C1. The topological polar surface area (TPSA) is 42.4 Å². The molecule has 0 saturated heterocycles. The molecule has 106 valence electrons. The van der Waals surface area contributed by atoms with Gasteiger partial charge in [-0.05, 0) is 58.6 Å². The number of furan rings is 1. The van der Waals surface area contributed by atoms with E-state index in [4.69, 9.17) is 10.2 Å². The first-order chi connectivity index (χ1) is 9.78. The fourth-order valence-corrected chi connectivity index (χ4v) is 3.26. The van der Waals surface area contributed by atoms with Crippen LogP contribution in [-0.2, 0) is 13.0 Å². The zero-order valence-corrected chi connectivity index (χ0v) is 13.0. The van der Waals surface area contributed by atoms with Crippen LogP contribution in [0.5, 0.6) is 0 Å². The van der Waals surface area contributed by atoms with E-state index in [1.807, 2.05) is 12.1 Å². The summed E-state index contributed by atoms with van der Waals surface area (Å²) in [5.41, 5.74) is 8.87. The number of halogens is 1. The molecule has 0 saturated carbocycles. The molecule has 1 atom stereocenters. The molecule has 2 heterocycles. The van der Waals surface area contributed by atoms with E-state index in [0.717, 1.165) is 36.4 Å². The van der Waals surface area contributed by atoms with Crippen LogP contribution in [0, 0.1) is 0 Å². The molecule has 0 amide bonds. The highest BCUT2D eigenvalue weighted by atomic mass is 79.9. The van der Waals surface area contributed by atoms with Gasteiger partial charge in [-0.2, -0.15) is 0 Å². The standard InChI is InChI=1S/C16H19BrN2O/c17-16-8-7-15(20-16)14(10-18)19-9-3-6-12-4-1-2-5-13(12)11-19/h1-2,4-5,7-8,14H,3,6,9-11,18H2. The number of rotatable bonds is 3. The Morgan fingerprint density at radius 1 is 1.20 bits per heavy atom. The fraction of sp³-hybridized carbons (Fsp3) is 0.375. The number of benzene rings is 1. The third kappa shape index (κ3) is 2.82. The summed E-state index contributed by atoms with van der Waals surface area (Å²) in [6.07, 6.45) is 2.31. The second-order valence-corrected chi connectivity index (χ2v) is 6.02. The van der Waals surface area contributed by atoms with Crippen molar-refractivity contribution in [3.05, 3.63) is 58.0 Å². The summed E-state index contributed by atoms with van der Waals surface area (Å²) >= 11 is 3.37. The highest BCUT2D eigenvalue weighted by Crippen LogP contribution is 2.29. The van der Waals surface area contributed by atoms with Crippen LogP contribution in [0.15, 0.2) is 45.5 Å². The van der Waals surface area contributed by atoms with E-state index in [1.165, 1.54) is 11.1 Å². The van der Waals surface area contributed by atoms with Crippen molar-refractivity contribution in [2.45, 2.75) is 25.4 Å². The van der Waals surface area contributed by atoms with E-state index >= 15 is 0 Å². The number of fused-ring (bicyclic) bond motifs is 1. The maximum absolute atomic E-state index is 6.00. The van der Waals surface area contributed by atoms with E-state index < -0.39 is 0 Å². The van der Waals surface area contributed by atoms with Gasteiger partial charge >= 0.3 is 0 Å². The van der Waals surface area contributed by atoms with Crippen LogP contribution < -0.4 is 5.73 Å². The van der Waals surface area contributed by atoms with Gasteiger partial charge in [-0.1, -0.05) is 24.3 Å². The van der Waals surface area contributed by atoms with Crippen LogP contribution in [0.3, 0.4) is 0 Å².